The molecule has 1 fully saturated rings. The Morgan fingerprint density at radius 1 is 1.12 bits per heavy atom. The smallest absolute Gasteiger partial charge is 0.329 e. The van der Waals surface area contributed by atoms with Crippen molar-refractivity contribution in [1.82, 2.24) is 10.7 Å². The van der Waals surface area contributed by atoms with Crippen molar-refractivity contribution in [2.24, 2.45) is 5.10 Å². The number of ether oxygens (including phenoxy) is 2. The summed E-state index contributed by atoms with van der Waals surface area (Å²) in [7, 11) is 1.41. The van der Waals surface area contributed by atoms with E-state index in [-0.39, 0.29) is 29.2 Å². The van der Waals surface area contributed by atoms with Crippen molar-refractivity contribution in [2.45, 2.75) is 18.9 Å². The number of amides is 3. The maximum absolute atomic E-state index is 12.2. The highest BCUT2D eigenvalue weighted by Gasteiger charge is 2.26. The Labute approximate surface area is 194 Å². The van der Waals surface area contributed by atoms with E-state index in [2.05, 4.69) is 21.2 Å². The molecule has 0 spiro atoms. The molecule has 0 atom stereocenters. The lowest BCUT2D eigenvalue weighted by Crippen LogP contribution is -2.38. The molecule has 2 aromatic carbocycles. The van der Waals surface area contributed by atoms with Crippen LogP contribution in [0.4, 0.5) is 5.69 Å². The van der Waals surface area contributed by atoms with Crippen molar-refractivity contribution < 1.29 is 23.9 Å². The highest BCUT2D eigenvalue weighted by atomic mass is 35.5. The highest BCUT2D eigenvalue weighted by Crippen LogP contribution is 2.36. The van der Waals surface area contributed by atoms with Gasteiger partial charge in [-0.15, -0.1) is 0 Å². The third kappa shape index (κ3) is 6.60. The predicted octanol–water partition coefficient (Wildman–Crippen LogP) is 2.75. The minimum Gasteiger partial charge on any atom is -0.493 e. The van der Waals surface area contributed by atoms with Crippen molar-refractivity contribution >= 4 is 52.8 Å². The summed E-state index contributed by atoms with van der Waals surface area (Å²) >= 11 is 12.3. The molecule has 0 radical (unpaired) electrons. The Hall–Kier alpha value is -3.30. The lowest BCUT2D eigenvalue weighted by atomic mass is 10.2. The second-order valence-corrected chi connectivity index (χ2v) is 7.61. The van der Waals surface area contributed by atoms with Gasteiger partial charge in [0.05, 0.1) is 29.1 Å². The average Bonchev–Trinajstić information content (AvgIpc) is 3.58. The number of carbonyl (C=O) groups excluding carboxylic acids is 3. The van der Waals surface area contributed by atoms with Gasteiger partial charge in [0, 0.05) is 6.04 Å². The van der Waals surface area contributed by atoms with E-state index in [9.17, 15) is 14.4 Å². The standard InChI is InChI=1S/C21H20Cl2N4O5/c1-31-17-9-12(10-24-27-21(30)20(29)25-13-6-7-13)8-15(23)19(17)32-11-18(28)26-16-5-3-2-4-14(16)22/h2-5,8-10,13H,6-7,11H2,1H3,(H,25,29)(H,26,28)(H,27,30)/b24-10-. The molecule has 0 saturated heterocycles. The van der Waals surface area contributed by atoms with Crippen molar-refractivity contribution in [3.05, 3.63) is 52.0 Å². The number of nitrogens with zero attached hydrogens (tertiary/aromatic N) is 1. The molecule has 0 heterocycles. The summed E-state index contributed by atoms with van der Waals surface area (Å²) in [5.74, 6) is -1.63. The van der Waals surface area contributed by atoms with E-state index in [1.54, 1.807) is 30.3 Å². The number of rotatable bonds is 8. The summed E-state index contributed by atoms with van der Waals surface area (Å²) in [6, 6.07) is 9.93. The third-order valence-corrected chi connectivity index (χ3v) is 4.86. The first-order chi connectivity index (χ1) is 15.4. The van der Waals surface area contributed by atoms with Crippen LogP contribution in [0.2, 0.25) is 10.0 Å². The molecule has 1 aliphatic rings. The van der Waals surface area contributed by atoms with E-state index >= 15 is 0 Å². The zero-order chi connectivity index (χ0) is 23.1. The van der Waals surface area contributed by atoms with E-state index in [0.717, 1.165) is 12.8 Å². The maximum Gasteiger partial charge on any atom is 0.329 e. The van der Waals surface area contributed by atoms with Crippen LogP contribution in [-0.2, 0) is 14.4 Å². The lowest BCUT2D eigenvalue weighted by Gasteiger charge is -2.13. The highest BCUT2D eigenvalue weighted by molar-refractivity contribution is 6.35. The van der Waals surface area contributed by atoms with Gasteiger partial charge in [0.15, 0.2) is 18.1 Å². The number of anilines is 1. The van der Waals surface area contributed by atoms with Crippen molar-refractivity contribution in [3.63, 3.8) is 0 Å². The third-order valence-electron chi connectivity index (χ3n) is 4.25. The first-order valence-corrected chi connectivity index (χ1v) is 10.3. The first kappa shape index (κ1) is 23.4. The summed E-state index contributed by atoms with van der Waals surface area (Å²) in [6.45, 7) is -0.332. The van der Waals surface area contributed by atoms with Crippen LogP contribution in [0.25, 0.3) is 0 Å². The van der Waals surface area contributed by atoms with Gasteiger partial charge in [-0.05, 0) is 42.7 Å². The number of hydrogen-bond donors (Lipinski definition) is 3. The van der Waals surface area contributed by atoms with Crippen LogP contribution in [0, 0.1) is 0 Å². The van der Waals surface area contributed by atoms with Gasteiger partial charge >= 0.3 is 11.8 Å². The maximum atomic E-state index is 12.2. The van der Waals surface area contributed by atoms with Crippen LogP contribution in [0.3, 0.4) is 0 Å². The second kappa shape index (κ2) is 10.8. The van der Waals surface area contributed by atoms with Gasteiger partial charge in [0.2, 0.25) is 0 Å². The van der Waals surface area contributed by atoms with Crippen molar-refractivity contribution in [2.75, 3.05) is 19.0 Å². The van der Waals surface area contributed by atoms with Crippen LogP contribution < -0.4 is 25.5 Å². The van der Waals surface area contributed by atoms with Gasteiger partial charge in [-0.25, -0.2) is 5.43 Å². The Balaban J connectivity index is 1.59. The van der Waals surface area contributed by atoms with Gasteiger partial charge in [-0.2, -0.15) is 5.10 Å². The molecule has 0 aliphatic heterocycles. The number of benzene rings is 2. The number of nitrogens with one attached hydrogen (secondary N) is 3. The van der Waals surface area contributed by atoms with Crippen LogP contribution in [0.5, 0.6) is 11.5 Å². The lowest BCUT2D eigenvalue weighted by molar-refractivity contribution is -0.139. The van der Waals surface area contributed by atoms with Crippen LogP contribution >= 0.6 is 23.2 Å². The molecule has 0 bridgehead atoms. The van der Waals surface area contributed by atoms with E-state index in [1.807, 2.05) is 0 Å². The van der Waals surface area contributed by atoms with Crippen LogP contribution in [0.15, 0.2) is 41.5 Å². The minimum atomic E-state index is -0.865. The van der Waals surface area contributed by atoms with Crippen molar-refractivity contribution in [1.29, 1.82) is 0 Å². The molecule has 11 heteroatoms. The molecular weight excluding hydrogens is 459 g/mol. The molecule has 0 aromatic heterocycles. The Morgan fingerprint density at radius 2 is 1.88 bits per heavy atom. The monoisotopic (exact) mass is 478 g/mol. The number of methoxy groups -OCH3 is 1. The molecule has 168 valence electrons. The molecule has 1 saturated carbocycles. The summed E-state index contributed by atoms with van der Waals surface area (Å²) in [4.78, 5) is 35.5. The van der Waals surface area contributed by atoms with E-state index < -0.39 is 17.7 Å². The Bertz CT molecular complexity index is 1060. The number of para-hydroxylation sites is 1. The van der Waals surface area contributed by atoms with Gasteiger partial charge in [-0.3, -0.25) is 14.4 Å². The fraction of sp³-hybridized carbons (Fsp3) is 0.238. The number of carbonyl (C=O) groups is 3. The van der Waals surface area contributed by atoms with E-state index in [4.69, 9.17) is 32.7 Å². The topological polar surface area (TPSA) is 118 Å². The van der Waals surface area contributed by atoms with E-state index in [1.165, 1.54) is 19.4 Å². The molecule has 32 heavy (non-hydrogen) atoms. The predicted molar refractivity (Wildman–Crippen MR) is 120 cm³/mol. The van der Waals surface area contributed by atoms with Crippen LogP contribution in [0.1, 0.15) is 18.4 Å². The summed E-state index contributed by atoms with van der Waals surface area (Å²) in [5, 5.41) is 9.50. The number of halogens is 2. The van der Waals surface area contributed by atoms with Crippen LogP contribution in [-0.4, -0.2) is 43.7 Å². The van der Waals surface area contributed by atoms with E-state index in [0.29, 0.717) is 16.3 Å². The molecule has 3 rings (SSSR count). The SMILES string of the molecule is COc1cc(/C=N\NC(=O)C(=O)NC2CC2)cc(Cl)c1OCC(=O)Nc1ccccc1Cl. The van der Waals surface area contributed by atoms with Gasteiger partial charge in [-0.1, -0.05) is 35.3 Å². The number of hydrazone groups is 1. The summed E-state index contributed by atoms with van der Waals surface area (Å²) in [6.07, 6.45) is 3.04. The molecule has 3 amide bonds. The number of hydrogen-bond acceptors (Lipinski definition) is 6. The summed E-state index contributed by atoms with van der Waals surface area (Å²) < 4.78 is 10.8. The molecular formula is C21H20Cl2N4O5. The fourth-order valence-electron chi connectivity index (χ4n) is 2.54. The second-order valence-electron chi connectivity index (χ2n) is 6.80. The fourth-order valence-corrected chi connectivity index (χ4v) is 2.99. The molecule has 2 aromatic rings. The first-order valence-electron chi connectivity index (χ1n) is 9.56. The van der Waals surface area contributed by atoms with Gasteiger partial charge in [0.25, 0.3) is 5.91 Å². The normalized spacial score (nSPS) is 12.8. The Morgan fingerprint density at radius 3 is 2.56 bits per heavy atom. The van der Waals surface area contributed by atoms with Gasteiger partial charge < -0.3 is 20.1 Å². The average molecular weight is 479 g/mol. The molecule has 1 aliphatic carbocycles. The minimum absolute atomic E-state index is 0.0691. The zero-order valence-corrected chi connectivity index (χ0v) is 18.5. The van der Waals surface area contributed by atoms with Gasteiger partial charge in [0.1, 0.15) is 0 Å². The zero-order valence-electron chi connectivity index (χ0n) is 17.0. The Kier molecular flexibility index (Phi) is 7.91. The summed E-state index contributed by atoms with van der Waals surface area (Å²) in [5.41, 5.74) is 3.08. The molecule has 0 unspecified atom stereocenters. The molecule has 3 N–H and O–H groups in total. The van der Waals surface area contributed by atoms with Crippen molar-refractivity contribution in [3.8, 4) is 11.5 Å². The largest absolute Gasteiger partial charge is 0.493 e. The quantitative estimate of drug-likeness (QED) is 0.306. The molecule has 9 nitrogen and oxygen atoms in total.